The number of hydrogen-bond acceptors (Lipinski definition) is 4. The van der Waals surface area contributed by atoms with Crippen molar-refractivity contribution < 1.29 is 14.6 Å². The van der Waals surface area contributed by atoms with E-state index in [1.54, 1.807) is 6.92 Å². The van der Waals surface area contributed by atoms with Gasteiger partial charge in [-0.3, -0.25) is 0 Å². The molecular formula is C13H13NO3S. The number of thiazole rings is 1. The molecule has 0 aliphatic heterocycles. The van der Waals surface area contributed by atoms with E-state index in [0.717, 1.165) is 10.6 Å². The van der Waals surface area contributed by atoms with Gasteiger partial charge in [0.05, 0.1) is 23.9 Å². The zero-order valence-electron chi connectivity index (χ0n) is 9.92. The third-order valence-corrected chi connectivity index (χ3v) is 3.35. The molecule has 0 saturated carbocycles. The van der Waals surface area contributed by atoms with E-state index in [-0.39, 0.29) is 11.5 Å². The van der Waals surface area contributed by atoms with Crippen LogP contribution in [0.25, 0.3) is 0 Å². The Morgan fingerprint density at radius 2 is 2.06 bits per heavy atom. The molecule has 1 N–H and O–H groups in total. The molecule has 1 aromatic carbocycles. The molecule has 0 unspecified atom stereocenters. The van der Waals surface area contributed by atoms with Crippen molar-refractivity contribution in [2.45, 2.75) is 20.1 Å². The molecule has 1 heterocycles. The van der Waals surface area contributed by atoms with Gasteiger partial charge in [-0.05, 0) is 12.5 Å². The highest BCUT2D eigenvalue weighted by molar-refractivity contribution is 7.13. The number of hydrogen-bond donors (Lipinski definition) is 1. The van der Waals surface area contributed by atoms with E-state index >= 15 is 0 Å². The number of nitrogens with zero attached hydrogens (tertiary/aromatic N) is 1. The van der Waals surface area contributed by atoms with Crippen LogP contribution in [0.4, 0.5) is 0 Å². The van der Waals surface area contributed by atoms with Gasteiger partial charge in [0.25, 0.3) is 0 Å². The number of aryl methyl sites for hydroxylation is 1. The lowest BCUT2D eigenvalue weighted by molar-refractivity contribution is 0.0688. The molecule has 0 amide bonds. The summed E-state index contributed by atoms with van der Waals surface area (Å²) in [5.41, 5.74) is 1.56. The molecule has 0 fully saturated rings. The molecule has 0 spiro atoms. The van der Waals surface area contributed by atoms with E-state index in [2.05, 4.69) is 4.98 Å². The van der Waals surface area contributed by atoms with Crippen LogP contribution < -0.4 is 0 Å². The minimum Gasteiger partial charge on any atom is -0.477 e. The number of benzene rings is 1. The van der Waals surface area contributed by atoms with Crippen molar-refractivity contribution in [2.24, 2.45) is 0 Å². The largest absolute Gasteiger partial charge is 0.477 e. The van der Waals surface area contributed by atoms with Crippen LogP contribution in [0.5, 0.6) is 0 Å². The number of aromatic nitrogens is 1. The van der Waals surface area contributed by atoms with Crippen LogP contribution in [0.1, 0.15) is 25.9 Å². The van der Waals surface area contributed by atoms with Crippen molar-refractivity contribution in [1.29, 1.82) is 0 Å². The summed E-state index contributed by atoms with van der Waals surface area (Å²) in [7, 11) is 0. The lowest BCUT2D eigenvalue weighted by atomic mass is 10.2. The Bertz CT molecular complexity index is 536. The fourth-order valence-electron chi connectivity index (χ4n) is 1.57. The SMILES string of the molecule is Cc1nc(COCc2ccccc2)c(C(=O)O)s1. The van der Waals surface area contributed by atoms with Gasteiger partial charge in [-0.15, -0.1) is 11.3 Å². The summed E-state index contributed by atoms with van der Waals surface area (Å²) in [6.07, 6.45) is 0. The van der Waals surface area contributed by atoms with Gasteiger partial charge in [-0.25, -0.2) is 9.78 Å². The first-order valence-electron chi connectivity index (χ1n) is 5.48. The van der Waals surface area contributed by atoms with Crippen LogP contribution in [0, 0.1) is 6.92 Å². The van der Waals surface area contributed by atoms with Crippen molar-refractivity contribution in [3.05, 3.63) is 51.5 Å². The average molecular weight is 263 g/mol. The van der Waals surface area contributed by atoms with E-state index in [4.69, 9.17) is 9.84 Å². The third kappa shape index (κ3) is 3.15. The van der Waals surface area contributed by atoms with Crippen LogP contribution in [-0.2, 0) is 18.0 Å². The van der Waals surface area contributed by atoms with Gasteiger partial charge in [-0.1, -0.05) is 30.3 Å². The fourth-order valence-corrected chi connectivity index (χ4v) is 2.34. The van der Waals surface area contributed by atoms with Crippen molar-refractivity contribution in [3.8, 4) is 0 Å². The molecule has 0 atom stereocenters. The molecule has 0 saturated heterocycles. The Labute approximate surface area is 109 Å². The summed E-state index contributed by atoms with van der Waals surface area (Å²) in [6, 6.07) is 9.74. The molecular weight excluding hydrogens is 250 g/mol. The van der Waals surface area contributed by atoms with Gasteiger partial charge in [0.15, 0.2) is 0 Å². The van der Waals surface area contributed by atoms with Crippen molar-refractivity contribution in [1.82, 2.24) is 4.98 Å². The Morgan fingerprint density at radius 3 is 2.72 bits per heavy atom. The zero-order chi connectivity index (χ0) is 13.0. The number of carboxylic acids is 1. The molecule has 0 aliphatic rings. The maximum atomic E-state index is 11.0. The van der Waals surface area contributed by atoms with E-state index in [1.807, 2.05) is 30.3 Å². The van der Waals surface area contributed by atoms with Crippen LogP contribution in [0.2, 0.25) is 0 Å². The molecule has 0 radical (unpaired) electrons. The Kier molecular flexibility index (Phi) is 4.07. The monoisotopic (exact) mass is 263 g/mol. The second-order valence-electron chi connectivity index (χ2n) is 3.79. The highest BCUT2D eigenvalue weighted by atomic mass is 32.1. The molecule has 94 valence electrons. The normalized spacial score (nSPS) is 10.5. The summed E-state index contributed by atoms with van der Waals surface area (Å²) < 4.78 is 5.49. The summed E-state index contributed by atoms with van der Waals surface area (Å²) in [5.74, 6) is -0.945. The summed E-state index contributed by atoms with van der Waals surface area (Å²) >= 11 is 1.18. The van der Waals surface area contributed by atoms with E-state index in [9.17, 15) is 4.79 Å². The molecule has 5 heteroatoms. The van der Waals surface area contributed by atoms with Gasteiger partial charge in [-0.2, -0.15) is 0 Å². The predicted molar refractivity (Wildman–Crippen MR) is 68.7 cm³/mol. The number of ether oxygens (including phenoxy) is 1. The standard InChI is InChI=1S/C13H13NO3S/c1-9-14-11(12(18-9)13(15)16)8-17-7-10-5-3-2-4-6-10/h2-6H,7-8H2,1H3,(H,15,16). The summed E-state index contributed by atoms with van der Waals surface area (Å²) in [4.78, 5) is 15.4. The summed E-state index contributed by atoms with van der Waals surface area (Å²) in [5, 5.41) is 9.75. The number of aromatic carboxylic acids is 1. The van der Waals surface area contributed by atoms with Crippen LogP contribution >= 0.6 is 11.3 Å². The summed E-state index contributed by atoms with van der Waals surface area (Å²) in [6.45, 7) is 2.47. The van der Waals surface area contributed by atoms with Gasteiger partial charge in [0.2, 0.25) is 0 Å². The number of rotatable bonds is 5. The maximum Gasteiger partial charge on any atom is 0.347 e. The Balaban J connectivity index is 1.96. The van der Waals surface area contributed by atoms with Crippen LogP contribution in [-0.4, -0.2) is 16.1 Å². The van der Waals surface area contributed by atoms with Gasteiger partial charge in [0, 0.05) is 0 Å². The predicted octanol–water partition coefficient (Wildman–Crippen LogP) is 2.87. The van der Waals surface area contributed by atoms with Crippen LogP contribution in [0.3, 0.4) is 0 Å². The third-order valence-electron chi connectivity index (χ3n) is 2.35. The van der Waals surface area contributed by atoms with E-state index < -0.39 is 5.97 Å². The van der Waals surface area contributed by atoms with Gasteiger partial charge < -0.3 is 9.84 Å². The van der Waals surface area contributed by atoms with Gasteiger partial charge >= 0.3 is 5.97 Å². The highest BCUT2D eigenvalue weighted by Crippen LogP contribution is 2.19. The minimum absolute atomic E-state index is 0.223. The van der Waals surface area contributed by atoms with Crippen molar-refractivity contribution in [3.63, 3.8) is 0 Å². The first kappa shape index (κ1) is 12.7. The second-order valence-corrected chi connectivity index (χ2v) is 5.00. The van der Waals surface area contributed by atoms with Crippen molar-refractivity contribution in [2.75, 3.05) is 0 Å². The van der Waals surface area contributed by atoms with Gasteiger partial charge in [0.1, 0.15) is 4.88 Å². The zero-order valence-corrected chi connectivity index (χ0v) is 10.7. The Hall–Kier alpha value is -1.72. The van der Waals surface area contributed by atoms with E-state index in [0.29, 0.717) is 12.3 Å². The highest BCUT2D eigenvalue weighted by Gasteiger charge is 2.15. The lowest BCUT2D eigenvalue weighted by Gasteiger charge is -2.03. The molecule has 4 nitrogen and oxygen atoms in total. The van der Waals surface area contributed by atoms with E-state index in [1.165, 1.54) is 11.3 Å². The average Bonchev–Trinajstić information content (AvgIpc) is 2.72. The topological polar surface area (TPSA) is 59.4 Å². The molecule has 2 rings (SSSR count). The fraction of sp³-hybridized carbons (Fsp3) is 0.231. The molecule has 0 bridgehead atoms. The Morgan fingerprint density at radius 1 is 1.33 bits per heavy atom. The second kappa shape index (κ2) is 5.75. The first-order chi connectivity index (χ1) is 8.66. The quantitative estimate of drug-likeness (QED) is 0.901. The molecule has 18 heavy (non-hydrogen) atoms. The molecule has 0 aliphatic carbocycles. The number of carbonyl (C=O) groups is 1. The maximum absolute atomic E-state index is 11.0. The molecule has 2 aromatic rings. The lowest BCUT2D eigenvalue weighted by Crippen LogP contribution is -2.01. The number of carboxylic acid groups (broad SMARTS) is 1. The van der Waals surface area contributed by atoms with Crippen molar-refractivity contribution >= 4 is 17.3 Å². The smallest absolute Gasteiger partial charge is 0.347 e. The molecule has 1 aromatic heterocycles. The minimum atomic E-state index is -0.945. The van der Waals surface area contributed by atoms with Crippen LogP contribution in [0.15, 0.2) is 30.3 Å². The first-order valence-corrected chi connectivity index (χ1v) is 6.29.